The number of nitrogens with zero attached hydrogens (tertiary/aromatic N) is 2. The van der Waals surface area contributed by atoms with Crippen molar-refractivity contribution in [3.63, 3.8) is 0 Å². The molecule has 0 aromatic heterocycles. The second-order valence-corrected chi connectivity index (χ2v) is 5.80. The van der Waals surface area contributed by atoms with E-state index in [1.165, 1.54) is 64.8 Å². The summed E-state index contributed by atoms with van der Waals surface area (Å²) in [5.41, 5.74) is 0. The van der Waals surface area contributed by atoms with Crippen molar-refractivity contribution < 1.29 is 0 Å². The molecule has 0 aromatic carbocycles. The van der Waals surface area contributed by atoms with Crippen molar-refractivity contribution in [1.82, 2.24) is 15.1 Å². The van der Waals surface area contributed by atoms with Crippen molar-refractivity contribution in [3.05, 3.63) is 0 Å². The van der Waals surface area contributed by atoms with E-state index in [0.717, 1.165) is 12.1 Å². The maximum atomic E-state index is 3.72. The molecular formula is C14H29N3. The molecule has 3 heteroatoms. The van der Waals surface area contributed by atoms with Crippen LogP contribution in [-0.2, 0) is 0 Å². The van der Waals surface area contributed by atoms with Gasteiger partial charge in [0.25, 0.3) is 0 Å². The number of hydrogen-bond acceptors (Lipinski definition) is 3. The van der Waals surface area contributed by atoms with Crippen molar-refractivity contribution in [1.29, 1.82) is 0 Å². The summed E-state index contributed by atoms with van der Waals surface area (Å²) in [6.45, 7) is 8.58. The van der Waals surface area contributed by atoms with Crippen LogP contribution < -0.4 is 5.32 Å². The Kier molecular flexibility index (Phi) is 5.26. The van der Waals surface area contributed by atoms with E-state index in [9.17, 15) is 0 Å². The molecule has 2 aliphatic heterocycles. The highest BCUT2D eigenvalue weighted by Gasteiger charge is 2.24. The molecule has 100 valence electrons. The number of piperazine rings is 1. The molecule has 0 aromatic rings. The standard InChI is InChI=1S/C14H29N3/c1-3-14-12-17(10-9-16(14)2)11-13-7-5-4-6-8-15-13/h13-15H,3-12H2,1-2H3. The third kappa shape index (κ3) is 3.94. The fraction of sp³-hybridized carbons (Fsp3) is 1.00. The van der Waals surface area contributed by atoms with Crippen LogP contribution in [0.15, 0.2) is 0 Å². The maximum absolute atomic E-state index is 3.72. The Balaban J connectivity index is 1.78. The Labute approximate surface area is 107 Å². The zero-order chi connectivity index (χ0) is 12.1. The fourth-order valence-electron chi connectivity index (χ4n) is 3.19. The molecule has 2 fully saturated rings. The Morgan fingerprint density at radius 3 is 2.88 bits per heavy atom. The summed E-state index contributed by atoms with van der Waals surface area (Å²) in [4.78, 5) is 5.20. The molecule has 2 saturated heterocycles. The molecule has 0 spiro atoms. The van der Waals surface area contributed by atoms with Crippen LogP contribution in [0.3, 0.4) is 0 Å². The summed E-state index contributed by atoms with van der Waals surface area (Å²) in [7, 11) is 2.27. The van der Waals surface area contributed by atoms with E-state index >= 15 is 0 Å². The van der Waals surface area contributed by atoms with Gasteiger partial charge in [0, 0.05) is 38.3 Å². The normalized spacial score (nSPS) is 33.5. The molecule has 0 bridgehead atoms. The van der Waals surface area contributed by atoms with Crippen molar-refractivity contribution in [2.75, 3.05) is 39.8 Å². The van der Waals surface area contributed by atoms with Crippen LogP contribution in [0.5, 0.6) is 0 Å². The lowest BCUT2D eigenvalue weighted by atomic mass is 10.1. The summed E-state index contributed by atoms with van der Waals surface area (Å²) >= 11 is 0. The number of hydrogen-bond donors (Lipinski definition) is 1. The third-order valence-electron chi connectivity index (χ3n) is 4.47. The van der Waals surface area contributed by atoms with Gasteiger partial charge in [-0.3, -0.25) is 4.90 Å². The van der Waals surface area contributed by atoms with Gasteiger partial charge in [0.1, 0.15) is 0 Å². The van der Waals surface area contributed by atoms with Crippen LogP contribution in [0, 0.1) is 0 Å². The fourth-order valence-corrected chi connectivity index (χ4v) is 3.19. The minimum atomic E-state index is 0.749. The first-order valence-electron chi connectivity index (χ1n) is 7.45. The largest absolute Gasteiger partial charge is 0.313 e. The van der Waals surface area contributed by atoms with Crippen LogP contribution in [-0.4, -0.2) is 61.7 Å². The van der Waals surface area contributed by atoms with Crippen LogP contribution >= 0.6 is 0 Å². The quantitative estimate of drug-likeness (QED) is 0.806. The minimum absolute atomic E-state index is 0.749. The number of rotatable bonds is 3. The van der Waals surface area contributed by atoms with Gasteiger partial charge in [-0.25, -0.2) is 0 Å². The molecule has 2 unspecified atom stereocenters. The van der Waals surface area contributed by atoms with Crippen LogP contribution in [0.2, 0.25) is 0 Å². The van der Waals surface area contributed by atoms with Gasteiger partial charge in [-0.05, 0) is 32.9 Å². The lowest BCUT2D eigenvalue weighted by Crippen LogP contribution is -2.54. The summed E-state index contributed by atoms with van der Waals surface area (Å²) in [5.74, 6) is 0. The van der Waals surface area contributed by atoms with E-state index in [-0.39, 0.29) is 0 Å². The number of likely N-dealkylation sites (N-methyl/N-ethyl adjacent to an activating group) is 1. The van der Waals surface area contributed by atoms with Gasteiger partial charge >= 0.3 is 0 Å². The van der Waals surface area contributed by atoms with Gasteiger partial charge in [0.05, 0.1) is 0 Å². The predicted octanol–water partition coefficient (Wildman–Crippen LogP) is 1.54. The van der Waals surface area contributed by atoms with Crippen molar-refractivity contribution in [3.8, 4) is 0 Å². The second kappa shape index (κ2) is 6.72. The van der Waals surface area contributed by atoms with Crippen LogP contribution in [0.25, 0.3) is 0 Å². The van der Waals surface area contributed by atoms with Gasteiger partial charge in [0.15, 0.2) is 0 Å². The Morgan fingerprint density at radius 1 is 1.18 bits per heavy atom. The first-order valence-corrected chi connectivity index (χ1v) is 7.45. The van der Waals surface area contributed by atoms with E-state index in [0.29, 0.717) is 0 Å². The highest BCUT2D eigenvalue weighted by atomic mass is 15.3. The van der Waals surface area contributed by atoms with E-state index in [2.05, 4.69) is 29.1 Å². The lowest BCUT2D eigenvalue weighted by Gasteiger charge is -2.40. The molecule has 2 heterocycles. The second-order valence-electron chi connectivity index (χ2n) is 5.80. The van der Waals surface area contributed by atoms with Gasteiger partial charge in [-0.15, -0.1) is 0 Å². The molecule has 17 heavy (non-hydrogen) atoms. The molecule has 2 rings (SSSR count). The average molecular weight is 239 g/mol. The Morgan fingerprint density at radius 2 is 2.06 bits per heavy atom. The third-order valence-corrected chi connectivity index (χ3v) is 4.47. The van der Waals surface area contributed by atoms with Crippen molar-refractivity contribution in [2.24, 2.45) is 0 Å². The highest BCUT2D eigenvalue weighted by Crippen LogP contribution is 2.14. The Bertz CT molecular complexity index is 212. The zero-order valence-electron chi connectivity index (χ0n) is 11.6. The minimum Gasteiger partial charge on any atom is -0.313 e. The molecule has 0 amide bonds. The van der Waals surface area contributed by atoms with Crippen molar-refractivity contribution >= 4 is 0 Å². The first-order chi connectivity index (χ1) is 8.29. The summed E-state index contributed by atoms with van der Waals surface area (Å²) in [6.07, 6.45) is 6.87. The van der Waals surface area contributed by atoms with Crippen LogP contribution in [0.1, 0.15) is 39.0 Å². The van der Waals surface area contributed by atoms with Gasteiger partial charge in [-0.1, -0.05) is 19.8 Å². The monoisotopic (exact) mass is 239 g/mol. The van der Waals surface area contributed by atoms with E-state index in [1.54, 1.807) is 0 Å². The predicted molar refractivity (Wildman–Crippen MR) is 73.4 cm³/mol. The van der Waals surface area contributed by atoms with Crippen molar-refractivity contribution in [2.45, 2.75) is 51.1 Å². The summed E-state index contributed by atoms with van der Waals surface area (Å²) < 4.78 is 0. The molecule has 0 aliphatic carbocycles. The van der Waals surface area contributed by atoms with E-state index in [1.807, 2.05) is 0 Å². The summed E-state index contributed by atoms with van der Waals surface area (Å²) in [6, 6.07) is 1.52. The Hall–Kier alpha value is -0.120. The molecule has 3 nitrogen and oxygen atoms in total. The first kappa shape index (κ1) is 13.3. The van der Waals surface area contributed by atoms with Gasteiger partial charge < -0.3 is 10.2 Å². The molecule has 2 atom stereocenters. The molecule has 0 radical (unpaired) electrons. The average Bonchev–Trinajstić information content (AvgIpc) is 2.60. The lowest BCUT2D eigenvalue weighted by molar-refractivity contribution is 0.0855. The smallest absolute Gasteiger partial charge is 0.0218 e. The molecule has 0 saturated carbocycles. The zero-order valence-corrected chi connectivity index (χ0v) is 11.6. The van der Waals surface area contributed by atoms with Gasteiger partial charge in [0.2, 0.25) is 0 Å². The van der Waals surface area contributed by atoms with E-state index < -0.39 is 0 Å². The molecule has 1 N–H and O–H groups in total. The van der Waals surface area contributed by atoms with Crippen LogP contribution in [0.4, 0.5) is 0 Å². The topological polar surface area (TPSA) is 18.5 Å². The number of nitrogens with one attached hydrogen (secondary N) is 1. The maximum Gasteiger partial charge on any atom is 0.0218 e. The highest BCUT2D eigenvalue weighted by molar-refractivity contribution is 4.82. The van der Waals surface area contributed by atoms with Gasteiger partial charge in [-0.2, -0.15) is 0 Å². The SMILES string of the molecule is CCC1CN(CC2CCCCCN2)CCN1C. The molecular weight excluding hydrogens is 210 g/mol. The summed E-state index contributed by atoms with van der Waals surface area (Å²) in [5, 5.41) is 3.72. The van der Waals surface area contributed by atoms with E-state index in [4.69, 9.17) is 0 Å². The molecule has 2 aliphatic rings.